The van der Waals surface area contributed by atoms with Gasteiger partial charge in [0.05, 0.1) is 0 Å². The highest BCUT2D eigenvalue weighted by Crippen LogP contribution is 2.29. The molecule has 1 amide bonds. The van der Waals surface area contributed by atoms with E-state index in [0.717, 1.165) is 36.0 Å². The molecule has 2 aromatic carbocycles. The molecule has 0 radical (unpaired) electrons. The average Bonchev–Trinajstić information content (AvgIpc) is 3.28. The molecule has 0 N–H and O–H groups in total. The van der Waals surface area contributed by atoms with Gasteiger partial charge in [0.1, 0.15) is 11.6 Å². The fraction of sp³-hybridized carbons (Fsp3) is 0.300. The molecule has 1 aliphatic heterocycles. The van der Waals surface area contributed by atoms with Crippen LogP contribution in [0.1, 0.15) is 18.4 Å². The SMILES string of the molecule is CN(Cc1ccccc1)C(=O)[C@@H]1CCCN1c1nc2ccccc2o1. The van der Waals surface area contributed by atoms with Crippen LogP contribution in [0, 0.1) is 0 Å². The summed E-state index contributed by atoms with van der Waals surface area (Å²) in [7, 11) is 1.86. The van der Waals surface area contributed by atoms with Crippen molar-refractivity contribution in [2.75, 3.05) is 18.5 Å². The number of nitrogens with zero attached hydrogens (tertiary/aromatic N) is 3. The van der Waals surface area contributed by atoms with Gasteiger partial charge in [0, 0.05) is 20.1 Å². The number of para-hydroxylation sites is 2. The van der Waals surface area contributed by atoms with Crippen molar-refractivity contribution >= 4 is 23.0 Å². The lowest BCUT2D eigenvalue weighted by molar-refractivity contribution is -0.131. The molecule has 1 saturated heterocycles. The van der Waals surface area contributed by atoms with Crippen molar-refractivity contribution in [1.82, 2.24) is 9.88 Å². The fourth-order valence-corrected chi connectivity index (χ4v) is 3.42. The molecule has 5 heteroatoms. The molecule has 3 aromatic rings. The number of hydrogen-bond acceptors (Lipinski definition) is 4. The monoisotopic (exact) mass is 335 g/mol. The Hall–Kier alpha value is -2.82. The van der Waals surface area contributed by atoms with Crippen molar-refractivity contribution in [2.24, 2.45) is 0 Å². The molecule has 5 nitrogen and oxygen atoms in total. The Labute approximate surface area is 146 Å². The van der Waals surface area contributed by atoms with Crippen LogP contribution < -0.4 is 4.90 Å². The maximum atomic E-state index is 13.0. The Kier molecular flexibility index (Phi) is 4.14. The topological polar surface area (TPSA) is 49.6 Å². The van der Waals surface area contributed by atoms with Gasteiger partial charge in [-0.1, -0.05) is 42.5 Å². The number of aromatic nitrogens is 1. The molecule has 25 heavy (non-hydrogen) atoms. The molecule has 0 aliphatic carbocycles. The standard InChI is InChI=1S/C20H21N3O2/c1-22(14-15-8-3-2-4-9-15)19(24)17-11-7-13-23(17)20-21-16-10-5-6-12-18(16)25-20/h2-6,8-10,12,17H,7,11,13-14H2,1H3/t17-/m0/s1. The summed E-state index contributed by atoms with van der Waals surface area (Å²) in [5.41, 5.74) is 2.71. The number of carbonyl (C=O) groups excluding carboxylic acids is 1. The number of fused-ring (bicyclic) bond motifs is 1. The quantitative estimate of drug-likeness (QED) is 0.733. The van der Waals surface area contributed by atoms with Gasteiger partial charge in [-0.05, 0) is 30.5 Å². The van der Waals surface area contributed by atoms with Crippen LogP contribution in [0.4, 0.5) is 6.01 Å². The van der Waals surface area contributed by atoms with Crippen LogP contribution >= 0.6 is 0 Å². The number of benzene rings is 2. The molecule has 1 aromatic heterocycles. The smallest absolute Gasteiger partial charge is 0.299 e. The molecule has 0 saturated carbocycles. The van der Waals surface area contributed by atoms with E-state index in [4.69, 9.17) is 4.42 Å². The first-order chi connectivity index (χ1) is 12.2. The summed E-state index contributed by atoms with van der Waals surface area (Å²) in [6.45, 7) is 1.40. The van der Waals surface area contributed by atoms with Crippen LogP contribution in [-0.2, 0) is 11.3 Å². The lowest BCUT2D eigenvalue weighted by Gasteiger charge is -2.27. The zero-order valence-corrected chi connectivity index (χ0v) is 14.3. The van der Waals surface area contributed by atoms with Crippen LogP contribution in [0.25, 0.3) is 11.1 Å². The number of hydrogen-bond donors (Lipinski definition) is 0. The summed E-state index contributed by atoms with van der Waals surface area (Å²) in [5.74, 6) is 0.114. The molecule has 1 atom stereocenters. The maximum Gasteiger partial charge on any atom is 0.299 e. The van der Waals surface area contributed by atoms with Crippen LogP contribution in [0.2, 0.25) is 0 Å². The van der Waals surface area contributed by atoms with E-state index in [-0.39, 0.29) is 11.9 Å². The van der Waals surface area contributed by atoms with Crippen LogP contribution in [-0.4, -0.2) is 35.4 Å². The predicted octanol–water partition coefficient (Wildman–Crippen LogP) is 3.46. The zero-order chi connectivity index (χ0) is 17.2. The molecule has 1 aliphatic rings. The Morgan fingerprint density at radius 3 is 2.76 bits per heavy atom. The fourth-order valence-electron chi connectivity index (χ4n) is 3.42. The van der Waals surface area contributed by atoms with E-state index >= 15 is 0 Å². The van der Waals surface area contributed by atoms with Gasteiger partial charge >= 0.3 is 0 Å². The molecular weight excluding hydrogens is 314 g/mol. The van der Waals surface area contributed by atoms with Gasteiger partial charge in [-0.2, -0.15) is 4.98 Å². The molecule has 0 bridgehead atoms. The van der Waals surface area contributed by atoms with Gasteiger partial charge in [0.15, 0.2) is 5.58 Å². The molecule has 0 unspecified atom stereocenters. The number of carbonyl (C=O) groups is 1. The highest BCUT2D eigenvalue weighted by Gasteiger charge is 2.35. The van der Waals surface area contributed by atoms with E-state index in [1.165, 1.54) is 0 Å². The average molecular weight is 335 g/mol. The second-order valence-corrected chi connectivity index (χ2v) is 6.50. The highest BCUT2D eigenvalue weighted by molar-refractivity contribution is 5.85. The molecule has 1 fully saturated rings. The van der Waals surface area contributed by atoms with Crippen LogP contribution in [0.5, 0.6) is 0 Å². The maximum absolute atomic E-state index is 13.0. The first-order valence-corrected chi connectivity index (χ1v) is 8.63. The second kappa shape index (κ2) is 6.59. The third kappa shape index (κ3) is 3.09. The molecule has 4 rings (SSSR count). The van der Waals surface area contributed by atoms with E-state index in [0.29, 0.717) is 12.6 Å². The molecule has 128 valence electrons. The van der Waals surface area contributed by atoms with Crippen LogP contribution in [0.15, 0.2) is 59.0 Å². The predicted molar refractivity (Wildman–Crippen MR) is 97.3 cm³/mol. The summed E-state index contributed by atoms with van der Waals surface area (Å²) in [6, 6.07) is 18.1. The normalized spacial score (nSPS) is 17.2. The largest absolute Gasteiger partial charge is 0.423 e. The molecule has 2 heterocycles. The third-order valence-electron chi connectivity index (χ3n) is 4.70. The molecular formula is C20H21N3O2. The zero-order valence-electron chi connectivity index (χ0n) is 14.3. The Morgan fingerprint density at radius 2 is 1.96 bits per heavy atom. The van der Waals surface area contributed by atoms with E-state index < -0.39 is 0 Å². The van der Waals surface area contributed by atoms with Gasteiger partial charge in [-0.15, -0.1) is 0 Å². The lowest BCUT2D eigenvalue weighted by atomic mass is 10.1. The first-order valence-electron chi connectivity index (χ1n) is 8.63. The first kappa shape index (κ1) is 15.7. The number of oxazole rings is 1. The lowest BCUT2D eigenvalue weighted by Crippen LogP contribution is -2.44. The van der Waals surface area contributed by atoms with Crippen molar-refractivity contribution in [3.63, 3.8) is 0 Å². The summed E-state index contributed by atoms with van der Waals surface area (Å²) >= 11 is 0. The minimum Gasteiger partial charge on any atom is -0.423 e. The number of anilines is 1. The summed E-state index contributed by atoms with van der Waals surface area (Å²) < 4.78 is 5.87. The summed E-state index contributed by atoms with van der Waals surface area (Å²) in [5, 5.41) is 0. The van der Waals surface area contributed by atoms with Gasteiger partial charge < -0.3 is 14.2 Å². The molecule has 0 spiro atoms. The van der Waals surface area contributed by atoms with Gasteiger partial charge in [-0.25, -0.2) is 0 Å². The van der Waals surface area contributed by atoms with Gasteiger partial charge in [-0.3, -0.25) is 4.79 Å². The summed E-state index contributed by atoms with van der Waals surface area (Å²) in [6.07, 6.45) is 1.80. The minimum atomic E-state index is -0.207. The summed E-state index contributed by atoms with van der Waals surface area (Å²) in [4.78, 5) is 21.3. The van der Waals surface area contributed by atoms with Crippen molar-refractivity contribution < 1.29 is 9.21 Å². The Morgan fingerprint density at radius 1 is 1.20 bits per heavy atom. The number of amides is 1. The van der Waals surface area contributed by atoms with Crippen molar-refractivity contribution in [3.05, 3.63) is 60.2 Å². The van der Waals surface area contributed by atoms with Crippen molar-refractivity contribution in [2.45, 2.75) is 25.4 Å². The van der Waals surface area contributed by atoms with Gasteiger partial charge in [0.25, 0.3) is 6.01 Å². The van der Waals surface area contributed by atoms with E-state index in [9.17, 15) is 4.79 Å². The number of rotatable bonds is 4. The number of likely N-dealkylation sites (N-methyl/N-ethyl adjacent to an activating group) is 1. The second-order valence-electron chi connectivity index (χ2n) is 6.50. The minimum absolute atomic E-state index is 0.114. The highest BCUT2D eigenvalue weighted by atomic mass is 16.4. The van der Waals surface area contributed by atoms with Crippen LogP contribution in [0.3, 0.4) is 0 Å². The van der Waals surface area contributed by atoms with Gasteiger partial charge in [0.2, 0.25) is 5.91 Å². The van der Waals surface area contributed by atoms with E-state index in [1.807, 2.05) is 66.5 Å². The van der Waals surface area contributed by atoms with Crippen molar-refractivity contribution in [1.29, 1.82) is 0 Å². The third-order valence-corrected chi connectivity index (χ3v) is 4.70. The Bertz CT molecular complexity index is 842. The van der Waals surface area contributed by atoms with E-state index in [1.54, 1.807) is 4.90 Å². The van der Waals surface area contributed by atoms with Crippen molar-refractivity contribution in [3.8, 4) is 0 Å². The Balaban J connectivity index is 1.53. The van der Waals surface area contributed by atoms with E-state index in [2.05, 4.69) is 4.98 Å².